The van der Waals surface area contributed by atoms with Gasteiger partial charge in [-0.3, -0.25) is 14.3 Å². The molecular weight excluding hydrogens is 228 g/mol. The molecule has 1 aliphatic carbocycles. The first-order valence-corrected chi connectivity index (χ1v) is 6.64. The van der Waals surface area contributed by atoms with Crippen LogP contribution in [0.1, 0.15) is 62.9 Å². The average Bonchev–Trinajstić information content (AvgIpc) is 2.55. The summed E-state index contributed by atoms with van der Waals surface area (Å²) < 4.78 is 1.83. The molecule has 0 spiro atoms. The maximum atomic E-state index is 11.6. The summed E-state index contributed by atoms with van der Waals surface area (Å²) in [6.45, 7) is 3.56. The van der Waals surface area contributed by atoms with Crippen molar-refractivity contribution in [3.05, 3.63) is 28.2 Å². The van der Waals surface area contributed by atoms with E-state index in [1.165, 1.54) is 38.7 Å². The van der Waals surface area contributed by atoms with Gasteiger partial charge in [0.25, 0.3) is 0 Å². The van der Waals surface area contributed by atoms with Crippen molar-refractivity contribution in [2.75, 3.05) is 0 Å². The third kappa shape index (κ3) is 2.52. The molecule has 0 amide bonds. The summed E-state index contributed by atoms with van der Waals surface area (Å²) in [5, 5.41) is 4.26. The number of hydrogen-bond donors (Lipinski definition) is 0. The van der Waals surface area contributed by atoms with Gasteiger partial charge in [0.15, 0.2) is 11.5 Å². The van der Waals surface area contributed by atoms with E-state index in [1.54, 1.807) is 6.20 Å². The molecule has 0 bridgehead atoms. The Labute approximate surface area is 107 Å². The minimum Gasteiger partial charge on any atom is -0.293 e. The molecule has 0 unspecified atom stereocenters. The highest BCUT2D eigenvalue weighted by atomic mass is 16.1. The Bertz CT molecular complexity index is 497. The highest BCUT2D eigenvalue weighted by Gasteiger charge is 2.28. The van der Waals surface area contributed by atoms with E-state index >= 15 is 0 Å². The quantitative estimate of drug-likeness (QED) is 0.597. The van der Waals surface area contributed by atoms with E-state index in [9.17, 15) is 9.59 Å². The van der Waals surface area contributed by atoms with Crippen molar-refractivity contribution in [3.8, 4) is 0 Å². The number of Topliss-reactive ketones (excluding diaryl/α,β-unsaturated/α-hetero) is 1. The van der Waals surface area contributed by atoms with Crippen molar-refractivity contribution in [2.24, 2.45) is 0 Å². The van der Waals surface area contributed by atoms with Gasteiger partial charge in [-0.15, -0.1) is 0 Å². The standard InChI is InChI=1S/C14H20N2O2/c1-11(17)13-12(18)7-10-16(15-13)14(2)8-5-3-4-6-9-14/h7,10H,3-6,8-9H2,1-2H3. The number of nitrogens with zero attached hydrogens (tertiary/aromatic N) is 2. The van der Waals surface area contributed by atoms with Crippen molar-refractivity contribution in [1.82, 2.24) is 9.78 Å². The summed E-state index contributed by atoms with van der Waals surface area (Å²) in [7, 11) is 0. The van der Waals surface area contributed by atoms with Gasteiger partial charge in [-0.25, -0.2) is 0 Å². The average molecular weight is 248 g/mol. The number of carbonyl (C=O) groups excluding carboxylic acids is 1. The number of ketones is 1. The Balaban J connectivity index is 2.40. The predicted molar refractivity (Wildman–Crippen MR) is 69.9 cm³/mol. The van der Waals surface area contributed by atoms with Crippen LogP contribution in [0.4, 0.5) is 0 Å². The van der Waals surface area contributed by atoms with Gasteiger partial charge in [-0.1, -0.05) is 25.7 Å². The van der Waals surface area contributed by atoms with Gasteiger partial charge in [-0.05, 0) is 19.8 Å². The van der Waals surface area contributed by atoms with Gasteiger partial charge in [0, 0.05) is 19.2 Å². The molecule has 0 aromatic carbocycles. The molecule has 1 fully saturated rings. The zero-order valence-corrected chi connectivity index (χ0v) is 11.1. The summed E-state index contributed by atoms with van der Waals surface area (Å²) in [5.74, 6) is -0.258. The largest absolute Gasteiger partial charge is 0.293 e. The van der Waals surface area contributed by atoms with Crippen LogP contribution in [0.25, 0.3) is 0 Å². The third-order valence-corrected chi connectivity index (χ3v) is 3.88. The van der Waals surface area contributed by atoms with Crippen LogP contribution in [0, 0.1) is 0 Å². The lowest BCUT2D eigenvalue weighted by atomic mass is 9.93. The van der Waals surface area contributed by atoms with Gasteiger partial charge in [0.05, 0.1) is 5.54 Å². The lowest BCUT2D eigenvalue weighted by molar-refractivity contribution is 0.100. The van der Waals surface area contributed by atoms with Gasteiger partial charge in [0.1, 0.15) is 0 Å². The zero-order valence-electron chi connectivity index (χ0n) is 11.1. The first-order valence-electron chi connectivity index (χ1n) is 6.64. The molecule has 4 heteroatoms. The monoisotopic (exact) mass is 248 g/mol. The van der Waals surface area contributed by atoms with Crippen molar-refractivity contribution in [3.63, 3.8) is 0 Å². The van der Waals surface area contributed by atoms with Gasteiger partial charge in [0.2, 0.25) is 5.43 Å². The second-order valence-electron chi connectivity index (χ2n) is 5.44. The Hall–Kier alpha value is -1.45. The molecule has 1 aliphatic rings. The molecule has 2 rings (SSSR count). The lowest BCUT2D eigenvalue weighted by Gasteiger charge is -2.30. The predicted octanol–water partition coefficient (Wildman–Crippen LogP) is 2.52. The fourth-order valence-electron chi connectivity index (χ4n) is 2.67. The molecule has 1 heterocycles. The third-order valence-electron chi connectivity index (χ3n) is 3.88. The summed E-state index contributed by atoms with van der Waals surface area (Å²) in [5.41, 5.74) is -0.284. The maximum absolute atomic E-state index is 11.6. The van der Waals surface area contributed by atoms with E-state index in [4.69, 9.17) is 0 Å². The van der Waals surface area contributed by atoms with Crippen LogP contribution in [0.2, 0.25) is 0 Å². The summed E-state index contributed by atoms with van der Waals surface area (Å²) >= 11 is 0. The minimum atomic E-state index is -0.282. The molecule has 1 aromatic heterocycles. The zero-order chi connectivity index (χ0) is 13.2. The minimum absolute atomic E-state index is 0.0583. The second-order valence-corrected chi connectivity index (χ2v) is 5.44. The molecule has 1 saturated carbocycles. The lowest BCUT2D eigenvalue weighted by Crippen LogP contribution is -2.34. The van der Waals surface area contributed by atoms with Gasteiger partial charge in [-0.2, -0.15) is 5.10 Å². The number of hydrogen-bond acceptors (Lipinski definition) is 3. The number of rotatable bonds is 2. The smallest absolute Gasteiger partial charge is 0.211 e. The first-order chi connectivity index (χ1) is 8.53. The molecule has 0 radical (unpaired) electrons. The van der Waals surface area contributed by atoms with E-state index in [0.717, 1.165) is 12.8 Å². The normalized spacial score (nSPS) is 19.2. The first kappa shape index (κ1) is 13.0. The molecule has 18 heavy (non-hydrogen) atoms. The molecule has 0 N–H and O–H groups in total. The van der Waals surface area contributed by atoms with Crippen molar-refractivity contribution in [1.29, 1.82) is 0 Å². The molecule has 0 aliphatic heterocycles. The van der Waals surface area contributed by atoms with Gasteiger partial charge >= 0.3 is 0 Å². The van der Waals surface area contributed by atoms with E-state index in [2.05, 4.69) is 12.0 Å². The van der Waals surface area contributed by atoms with Crippen LogP contribution in [0.3, 0.4) is 0 Å². The topological polar surface area (TPSA) is 52.0 Å². The summed E-state index contributed by atoms with van der Waals surface area (Å²) in [6, 6.07) is 1.46. The van der Waals surface area contributed by atoms with E-state index in [1.807, 2.05) is 4.68 Å². The summed E-state index contributed by atoms with van der Waals surface area (Å²) in [4.78, 5) is 23.0. The Morgan fingerprint density at radius 1 is 1.28 bits per heavy atom. The van der Waals surface area contributed by atoms with Crippen molar-refractivity contribution >= 4 is 5.78 Å². The van der Waals surface area contributed by atoms with Crippen LogP contribution >= 0.6 is 0 Å². The fraction of sp³-hybridized carbons (Fsp3) is 0.643. The molecular formula is C14H20N2O2. The molecule has 98 valence electrons. The highest BCUT2D eigenvalue weighted by molar-refractivity contribution is 5.91. The summed E-state index contributed by atoms with van der Waals surface area (Å²) in [6.07, 6.45) is 8.71. The van der Waals surface area contributed by atoms with Crippen molar-refractivity contribution in [2.45, 2.75) is 57.9 Å². The van der Waals surface area contributed by atoms with Crippen LogP contribution in [-0.4, -0.2) is 15.6 Å². The Morgan fingerprint density at radius 3 is 2.44 bits per heavy atom. The van der Waals surface area contributed by atoms with Crippen LogP contribution < -0.4 is 5.43 Å². The van der Waals surface area contributed by atoms with E-state index < -0.39 is 0 Å². The molecule has 4 nitrogen and oxygen atoms in total. The van der Waals surface area contributed by atoms with Crippen LogP contribution in [0.15, 0.2) is 17.1 Å². The molecule has 0 atom stereocenters. The number of aromatic nitrogens is 2. The van der Waals surface area contributed by atoms with Crippen LogP contribution in [-0.2, 0) is 5.54 Å². The second kappa shape index (κ2) is 5.04. The number of carbonyl (C=O) groups is 1. The van der Waals surface area contributed by atoms with Crippen molar-refractivity contribution < 1.29 is 4.79 Å². The fourth-order valence-corrected chi connectivity index (χ4v) is 2.67. The van der Waals surface area contributed by atoms with Crippen LogP contribution in [0.5, 0.6) is 0 Å². The molecule has 0 saturated heterocycles. The van der Waals surface area contributed by atoms with E-state index in [0.29, 0.717) is 0 Å². The maximum Gasteiger partial charge on any atom is 0.211 e. The SMILES string of the molecule is CC(=O)c1nn(C2(C)CCCCCC2)ccc1=O. The Morgan fingerprint density at radius 2 is 1.89 bits per heavy atom. The van der Waals surface area contributed by atoms with E-state index in [-0.39, 0.29) is 22.4 Å². The molecule has 1 aromatic rings. The van der Waals surface area contributed by atoms with Gasteiger partial charge < -0.3 is 0 Å². The Kier molecular flexibility index (Phi) is 3.64. The highest BCUT2D eigenvalue weighted by Crippen LogP contribution is 2.32.